The Morgan fingerprint density at radius 3 is 1.82 bits per heavy atom. The van der Waals surface area contributed by atoms with Gasteiger partial charge in [0.15, 0.2) is 0 Å². The molecule has 2 aromatic rings. The third kappa shape index (κ3) is 8.43. The molecular weight excluding hydrogens is 444 g/mol. The van der Waals surface area contributed by atoms with Crippen molar-refractivity contribution in [1.82, 2.24) is 16.0 Å². The molecule has 3 atom stereocenters. The van der Waals surface area contributed by atoms with E-state index in [1.165, 1.54) is 31.2 Å². The van der Waals surface area contributed by atoms with Gasteiger partial charge < -0.3 is 37.0 Å². The number of carbonyl (C=O) groups is 4. The Balaban J connectivity index is 1.96. The maximum absolute atomic E-state index is 12.6. The molecule has 0 fully saturated rings. The van der Waals surface area contributed by atoms with Crippen molar-refractivity contribution < 1.29 is 34.5 Å². The van der Waals surface area contributed by atoms with Crippen molar-refractivity contribution in [3.05, 3.63) is 59.7 Å². The summed E-state index contributed by atoms with van der Waals surface area (Å²) in [7, 11) is 0. The number of hydrogen-bond acceptors (Lipinski definition) is 7. The van der Waals surface area contributed by atoms with Crippen molar-refractivity contribution in [2.45, 2.75) is 37.9 Å². The fourth-order valence-corrected chi connectivity index (χ4v) is 2.98. The van der Waals surface area contributed by atoms with Crippen molar-refractivity contribution in [2.75, 3.05) is 6.54 Å². The number of carboxylic acids is 1. The summed E-state index contributed by atoms with van der Waals surface area (Å²) in [6.07, 6.45) is 0.213. The fourth-order valence-electron chi connectivity index (χ4n) is 2.98. The van der Waals surface area contributed by atoms with E-state index >= 15 is 0 Å². The molecular formula is C23H28N4O7. The quantitative estimate of drug-likeness (QED) is 0.225. The minimum Gasteiger partial charge on any atom is -0.508 e. The summed E-state index contributed by atoms with van der Waals surface area (Å²) >= 11 is 0. The molecule has 2 rings (SSSR count). The number of amides is 3. The topological polar surface area (TPSA) is 191 Å². The second-order valence-corrected chi connectivity index (χ2v) is 7.75. The molecule has 11 heteroatoms. The van der Waals surface area contributed by atoms with E-state index in [0.717, 1.165) is 5.56 Å². The first-order valence-electron chi connectivity index (χ1n) is 10.5. The fraction of sp³-hybridized carbons (Fsp3) is 0.304. The molecule has 3 amide bonds. The molecule has 34 heavy (non-hydrogen) atoms. The van der Waals surface area contributed by atoms with Crippen LogP contribution in [-0.2, 0) is 32.0 Å². The van der Waals surface area contributed by atoms with E-state index in [1.54, 1.807) is 24.3 Å². The SMILES string of the molecule is CC(NC(=O)C(Cc1ccc(O)cc1)NC(=O)CNC(=O)C(N)Cc1ccc(O)cc1)C(=O)O. The summed E-state index contributed by atoms with van der Waals surface area (Å²) in [5, 5.41) is 35.0. The third-order valence-corrected chi connectivity index (χ3v) is 4.91. The molecule has 0 radical (unpaired) electrons. The molecule has 0 bridgehead atoms. The molecule has 2 aromatic carbocycles. The van der Waals surface area contributed by atoms with Gasteiger partial charge in [0.1, 0.15) is 23.6 Å². The van der Waals surface area contributed by atoms with E-state index in [9.17, 15) is 29.4 Å². The lowest BCUT2D eigenvalue weighted by atomic mass is 10.0. The molecule has 0 heterocycles. The zero-order valence-corrected chi connectivity index (χ0v) is 18.5. The number of aliphatic carboxylic acids is 1. The van der Waals surface area contributed by atoms with Gasteiger partial charge in [-0.05, 0) is 48.7 Å². The zero-order valence-electron chi connectivity index (χ0n) is 18.5. The third-order valence-electron chi connectivity index (χ3n) is 4.91. The largest absolute Gasteiger partial charge is 0.508 e. The normalized spacial score (nSPS) is 13.2. The van der Waals surface area contributed by atoms with Gasteiger partial charge in [0.25, 0.3) is 0 Å². The molecule has 8 N–H and O–H groups in total. The van der Waals surface area contributed by atoms with Gasteiger partial charge in [-0.1, -0.05) is 24.3 Å². The second kappa shape index (κ2) is 12.2. The van der Waals surface area contributed by atoms with Gasteiger partial charge in [-0.2, -0.15) is 0 Å². The standard InChI is InChI=1S/C23H28N4O7/c1-13(23(33)34)26-22(32)19(11-15-4-8-17(29)9-5-15)27-20(30)12-25-21(31)18(24)10-14-2-6-16(28)7-3-14/h2-9,13,18-19,28-29H,10-12,24H2,1H3,(H,25,31)(H,26,32)(H,27,30)(H,33,34). The predicted molar refractivity (Wildman–Crippen MR) is 122 cm³/mol. The molecule has 0 saturated carbocycles. The first-order valence-corrected chi connectivity index (χ1v) is 10.5. The number of phenols is 2. The Bertz CT molecular complexity index is 1010. The number of carbonyl (C=O) groups excluding carboxylic acids is 3. The number of nitrogens with two attached hydrogens (primary N) is 1. The summed E-state index contributed by atoms with van der Waals surface area (Å²) in [6, 6.07) is 8.91. The monoisotopic (exact) mass is 472 g/mol. The number of hydrogen-bond donors (Lipinski definition) is 7. The van der Waals surface area contributed by atoms with Crippen LogP contribution in [0.2, 0.25) is 0 Å². The summed E-state index contributed by atoms with van der Waals surface area (Å²) in [4.78, 5) is 48.3. The van der Waals surface area contributed by atoms with E-state index in [2.05, 4.69) is 16.0 Å². The number of benzene rings is 2. The highest BCUT2D eigenvalue weighted by atomic mass is 16.4. The van der Waals surface area contributed by atoms with E-state index < -0.39 is 48.4 Å². The zero-order chi connectivity index (χ0) is 25.3. The molecule has 0 saturated heterocycles. The molecule has 0 aliphatic carbocycles. The summed E-state index contributed by atoms with van der Waals surface area (Å²) < 4.78 is 0. The molecule has 0 aliphatic heterocycles. The lowest BCUT2D eigenvalue weighted by molar-refractivity contribution is -0.141. The van der Waals surface area contributed by atoms with E-state index in [-0.39, 0.29) is 24.3 Å². The van der Waals surface area contributed by atoms with Gasteiger partial charge in [-0.15, -0.1) is 0 Å². The molecule has 0 aromatic heterocycles. The van der Waals surface area contributed by atoms with Crippen molar-refractivity contribution in [1.29, 1.82) is 0 Å². The molecule has 3 unspecified atom stereocenters. The average Bonchev–Trinajstić information content (AvgIpc) is 2.79. The average molecular weight is 472 g/mol. The van der Waals surface area contributed by atoms with E-state index in [0.29, 0.717) is 5.56 Å². The van der Waals surface area contributed by atoms with E-state index in [1.807, 2.05) is 0 Å². The van der Waals surface area contributed by atoms with Crippen LogP contribution >= 0.6 is 0 Å². The van der Waals surface area contributed by atoms with Crippen LogP contribution in [0.4, 0.5) is 0 Å². The van der Waals surface area contributed by atoms with Crippen LogP contribution in [0.1, 0.15) is 18.1 Å². The highest BCUT2D eigenvalue weighted by Crippen LogP contribution is 2.12. The first kappa shape index (κ1) is 26.1. The van der Waals surface area contributed by atoms with E-state index in [4.69, 9.17) is 10.8 Å². The summed E-state index contributed by atoms with van der Waals surface area (Å²) in [6.45, 7) is 0.839. The van der Waals surface area contributed by atoms with Gasteiger partial charge in [0.05, 0.1) is 12.6 Å². The number of carboxylic acid groups (broad SMARTS) is 1. The summed E-state index contributed by atoms with van der Waals surface area (Å²) in [5.41, 5.74) is 7.21. The van der Waals surface area contributed by atoms with Gasteiger partial charge in [-0.25, -0.2) is 0 Å². The summed E-state index contributed by atoms with van der Waals surface area (Å²) in [5.74, 6) is -3.10. The Labute approximate surface area is 196 Å². The van der Waals surface area contributed by atoms with Gasteiger partial charge in [0, 0.05) is 6.42 Å². The molecule has 182 valence electrons. The van der Waals surface area contributed by atoms with Crippen LogP contribution in [-0.4, -0.2) is 63.7 Å². The van der Waals surface area contributed by atoms with Crippen molar-refractivity contribution >= 4 is 23.7 Å². The highest BCUT2D eigenvalue weighted by molar-refractivity contribution is 5.92. The maximum atomic E-state index is 12.6. The lowest BCUT2D eigenvalue weighted by Gasteiger charge is -2.20. The Kier molecular flexibility index (Phi) is 9.38. The van der Waals surface area contributed by atoms with Crippen LogP contribution in [0.15, 0.2) is 48.5 Å². The predicted octanol–water partition coefficient (Wildman–Crippen LogP) is -0.599. The second-order valence-electron chi connectivity index (χ2n) is 7.75. The minimum absolute atomic E-state index is 0.0263. The molecule has 0 aliphatic rings. The van der Waals surface area contributed by atoms with Crippen LogP contribution in [0.25, 0.3) is 0 Å². The minimum atomic E-state index is -1.24. The molecule has 0 spiro atoms. The highest BCUT2D eigenvalue weighted by Gasteiger charge is 2.25. The number of nitrogens with one attached hydrogen (secondary N) is 3. The van der Waals surface area contributed by atoms with Crippen LogP contribution in [0.3, 0.4) is 0 Å². The van der Waals surface area contributed by atoms with Gasteiger partial charge in [0.2, 0.25) is 17.7 Å². The Morgan fingerprint density at radius 1 is 0.824 bits per heavy atom. The van der Waals surface area contributed by atoms with Crippen molar-refractivity contribution in [3.8, 4) is 11.5 Å². The van der Waals surface area contributed by atoms with Gasteiger partial charge >= 0.3 is 5.97 Å². The first-order chi connectivity index (χ1) is 16.0. The number of phenolic OH excluding ortho intramolecular Hbond substituents is 2. The Morgan fingerprint density at radius 2 is 1.32 bits per heavy atom. The van der Waals surface area contributed by atoms with Crippen molar-refractivity contribution in [2.24, 2.45) is 5.73 Å². The molecule has 11 nitrogen and oxygen atoms in total. The maximum Gasteiger partial charge on any atom is 0.325 e. The smallest absolute Gasteiger partial charge is 0.325 e. The Hall–Kier alpha value is -4.12. The van der Waals surface area contributed by atoms with Crippen LogP contribution in [0.5, 0.6) is 11.5 Å². The van der Waals surface area contributed by atoms with Crippen LogP contribution in [0, 0.1) is 0 Å². The lowest BCUT2D eigenvalue weighted by Crippen LogP contribution is -2.54. The number of rotatable bonds is 11. The van der Waals surface area contributed by atoms with Gasteiger partial charge in [-0.3, -0.25) is 19.2 Å². The van der Waals surface area contributed by atoms with Crippen LogP contribution < -0.4 is 21.7 Å². The number of aromatic hydroxyl groups is 2. The van der Waals surface area contributed by atoms with Crippen molar-refractivity contribution in [3.63, 3.8) is 0 Å².